The van der Waals surface area contributed by atoms with Gasteiger partial charge in [0, 0.05) is 18.7 Å². The van der Waals surface area contributed by atoms with Crippen LogP contribution in [0.25, 0.3) is 0 Å². The van der Waals surface area contributed by atoms with Crippen molar-refractivity contribution >= 4 is 17.2 Å². The summed E-state index contributed by atoms with van der Waals surface area (Å²) < 4.78 is 5.76. The number of hydrogen-bond donors (Lipinski definition) is 1. The van der Waals surface area contributed by atoms with Crippen molar-refractivity contribution in [2.75, 3.05) is 19.6 Å². The summed E-state index contributed by atoms with van der Waals surface area (Å²) in [7, 11) is 0. The minimum absolute atomic E-state index is 0.0801. The molecule has 0 aliphatic carbocycles. The topological polar surface area (TPSA) is 55.6 Å². The number of ether oxygens (including phenoxy) is 1. The number of nitrogens with zero attached hydrogens (tertiary/aromatic N) is 1. The minimum atomic E-state index is 0.0801. The first-order valence-electron chi connectivity index (χ1n) is 6.49. The molecule has 0 saturated carbocycles. The summed E-state index contributed by atoms with van der Waals surface area (Å²) >= 11 is 1.45. The highest BCUT2D eigenvalue weighted by Gasteiger charge is 2.36. The van der Waals surface area contributed by atoms with E-state index in [9.17, 15) is 4.79 Å². The molecule has 2 saturated heterocycles. The van der Waals surface area contributed by atoms with Crippen molar-refractivity contribution < 1.29 is 9.53 Å². The standard InChI is InChI=1S/C14H16N2O2S/c15-6-1-2-10-5-7-19-13(10)14(17)16-8-11-3-4-12(9-16)18-11/h5,7,11-12H,3-4,6,8-9,15H2. The molecule has 2 bridgehead atoms. The summed E-state index contributed by atoms with van der Waals surface area (Å²) in [6, 6.07) is 1.88. The molecule has 2 N–H and O–H groups in total. The van der Waals surface area contributed by atoms with Crippen LogP contribution in [0.15, 0.2) is 11.4 Å². The van der Waals surface area contributed by atoms with Crippen LogP contribution in [0.3, 0.4) is 0 Å². The Hall–Kier alpha value is -1.35. The van der Waals surface area contributed by atoms with Gasteiger partial charge in [0.2, 0.25) is 0 Å². The Bertz CT molecular complexity index is 531. The molecule has 4 nitrogen and oxygen atoms in total. The number of carbonyl (C=O) groups is 1. The smallest absolute Gasteiger partial charge is 0.265 e. The molecule has 0 radical (unpaired) electrons. The molecule has 0 spiro atoms. The summed E-state index contributed by atoms with van der Waals surface area (Å²) in [6.07, 6.45) is 2.58. The van der Waals surface area contributed by atoms with Gasteiger partial charge in [0.05, 0.1) is 18.8 Å². The van der Waals surface area contributed by atoms with E-state index in [2.05, 4.69) is 11.8 Å². The predicted octanol–water partition coefficient (Wildman–Crippen LogP) is 1.06. The van der Waals surface area contributed by atoms with E-state index in [0.717, 1.165) is 23.3 Å². The van der Waals surface area contributed by atoms with Crippen molar-refractivity contribution in [2.45, 2.75) is 25.0 Å². The lowest BCUT2D eigenvalue weighted by Gasteiger charge is -2.31. The molecule has 2 unspecified atom stereocenters. The summed E-state index contributed by atoms with van der Waals surface area (Å²) in [5.74, 6) is 5.86. The lowest BCUT2D eigenvalue weighted by atomic mass is 10.2. The quantitative estimate of drug-likeness (QED) is 0.780. The highest BCUT2D eigenvalue weighted by atomic mass is 32.1. The van der Waals surface area contributed by atoms with Gasteiger partial charge < -0.3 is 15.4 Å². The summed E-state index contributed by atoms with van der Waals surface area (Å²) in [5.41, 5.74) is 6.17. The van der Waals surface area contributed by atoms with Crippen molar-refractivity contribution in [1.29, 1.82) is 0 Å². The van der Waals surface area contributed by atoms with Gasteiger partial charge in [-0.25, -0.2) is 0 Å². The van der Waals surface area contributed by atoms with Gasteiger partial charge in [-0.15, -0.1) is 11.3 Å². The Balaban J connectivity index is 1.79. The van der Waals surface area contributed by atoms with E-state index < -0.39 is 0 Å². The predicted molar refractivity (Wildman–Crippen MR) is 74.0 cm³/mol. The van der Waals surface area contributed by atoms with Crippen LogP contribution >= 0.6 is 11.3 Å². The zero-order chi connectivity index (χ0) is 13.2. The van der Waals surface area contributed by atoms with E-state index in [1.807, 2.05) is 16.3 Å². The van der Waals surface area contributed by atoms with Crippen LogP contribution in [-0.2, 0) is 4.74 Å². The Kier molecular flexibility index (Phi) is 3.56. The average Bonchev–Trinajstić information content (AvgIpc) is 3.02. The number of hydrogen-bond acceptors (Lipinski definition) is 4. The first-order valence-corrected chi connectivity index (χ1v) is 7.37. The van der Waals surface area contributed by atoms with Gasteiger partial charge in [-0.3, -0.25) is 4.79 Å². The molecule has 3 rings (SSSR count). The average molecular weight is 276 g/mol. The second kappa shape index (κ2) is 5.33. The fourth-order valence-corrected chi connectivity index (χ4v) is 3.46. The molecule has 19 heavy (non-hydrogen) atoms. The highest BCUT2D eigenvalue weighted by Crippen LogP contribution is 2.28. The summed E-state index contributed by atoms with van der Waals surface area (Å²) in [6.45, 7) is 1.72. The number of amides is 1. The summed E-state index contributed by atoms with van der Waals surface area (Å²) in [4.78, 5) is 15.2. The first kappa shape index (κ1) is 12.7. The highest BCUT2D eigenvalue weighted by molar-refractivity contribution is 7.12. The second-order valence-electron chi connectivity index (χ2n) is 4.84. The normalized spacial score (nSPS) is 25.0. The number of thiophene rings is 1. The van der Waals surface area contributed by atoms with E-state index in [4.69, 9.17) is 10.5 Å². The van der Waals surface area contributed by atoms with Crippen LogP contribution in [0.2, 0.25) is 0 Å². The number of nitrogens with two attached hydrogens (primary N) is 1. The lowest BCUT2D eigenvalue weighted by molar-refractivity contribution is -0.0302. The molecule has 1 aromatic heterocycles. The molecule has 3 heterocycles. The molecule has 1 aromatic rings. The van der Waals surface area contributed by atoms with Crippen molar-refractivity contribution in [3.05, 3.63) is 21.9 Å². The zero-order valence-corrected chi connectivity index (χ0v) is 11.4. The monoisotopic (exact) mass is 276 g/mol. The number of likely N-dealkylation sites (tertiary alicyclic amines) is 1. The van der Waals surface area contributed by atoms with Gasteiger partial charge in [-0.2, -0.15) is 0 Å². The third-order valence-electron chi connectivity index (χ3n) is 3.52. The zero-order valence-electron chi connectivity index (χ0n) is 10.6. The number of morpholine rings is 1. The van der Waals surface area contributed by atoms with Crippen molar-refractivity contribution in [1.82, 2.24) is 4.90 Å². The van der Waals surface area contributed by atoms with Crippen LogP contribution in [0.1, 0.15) is 28.1 Å². The van der Waals surface area contributed by atoms with E-state index in [-0.39, 0.29) is 18.1 Å². The van der Waals surface area contributed by atoms with Gasteiger partial charge in [0.25, 0.3) is 5.91 Å². The van der Waals surface area contributed by atoms with Gasteiger partial charge in [-0.05, 0) is 24.3 Å². The number of carbonyl (C=O) groups excluding carboxylic acids is 1. The Labute approximate surface area is 116 Å². The maximum absolute atomic E-state index is 12.5. The second-order valence-corrected chi connectivity index (χ2v) is 5.75. The van der Waals surface area contributed by atoms with Gasteiger partial charge >= 0.3 is 0 Å². The van der Waals surface area contributed by atoms with Crippen LogP contribution in [0.4, 0.5) is 0 Å². The third-order valence-corrected chi connectivity index (χ3v) is 4.42. The molecule has 1 amide bonds. The van der Waals surface area contributed by atoms with E-state index in [0.29, 0.717) is 19.6 Å². The largest absolute Gasteiger partial charge is 0.371 e. The fraction of sp³-hybridized carbons (Fsp3) is 0.500. The Morgan fingerprint density at radius 3 is 2.89 bits per heavy atom. The molecular weight excluding hydrogens is 260 g/mol. The van der Waals surface area contributed by atoms with Crippen LogP contribution < -0.4 is 5.73 Å². The molecule has 2 aliphatic heterocycles. The van der Waals surface area contributed by atoms with Crippen LogP contribution in [-0.4, -0.2) is 42.6 Å². The Morgan fingerprint density at radius 2 is 2.21 bits per heavy atom. The van der Waals surface area contributed by atoms with Gasteiger partial charge in [0.1, 0.15) is 4.88 Å². The molecule has 2 fully saturated rings. The lowest BCUT2D eigenvalue weighted by Crippen LogP contribution is -2.45. The van der Waals surface area contributed by atoms with E-state index in [1.165, 1.54) is 11.3 Å². The minimum Gasteiger partial charge on any atom is -0.371 e. The molecular formula is C14H16N2O2S. The number of fused-ring (bicyclic) bond motifs is 2. The first-order chi connectivity index (χ1) is 9.28. The molecule has 100 valence electrons. The van der Waals surface area contributed by atoms with E-state index in [1.54, 1.807) is 0 Å². The SMILES string of the molecule is NCC#Cc1ccsc1C(=O)N1CC2CCC(C1)O2. The van der Waals surface area contributed by atoms with Crippen LogP contribution in [0.5, 0.6) is 0 Å². The molecule has 5 heteroatoms. The van der Waals surface area contributed by atoms with E-state index >= 15 is 0 Å². The Morgan fingerprint density at radius 1 is 1.47 bits per heavy atom. The summed E-state index contributed by atoms with van der Waals surface area (Å²) in [5, 5.41) is 1.91. The van der Waals surface area contributed by atoms with Crippen molar-refractivity contribution in [3.63, 3.8) is 0 Å². The van der Waals surface area contributed by atoms with Crippen LogP contribution in [0, 0.1) is 11.8 Å². The molecule has 0 aromatic carbocycles. The van der Waals surface area contributed by atoms with Gasteiger partial charge in [0.15, 0.2) is 0 Å². The van der Waals surface area contributed by atoms with Crippen molar-refractivity contribution in [2.24, 2.45) is 5.73 Å². The van der Waals surface area contributed by atoms with Crippen molar-refractivity contribution in [3.8, 4) is 11.8 Å². The van der Waals surface area contributed by atoms with Gasteiger partial charge in [-0.1, -0.05) is 11.8 Å². The third kappa shape index (κ3) is 2.52. The fourth-order valence-electron chi connectivity index (χ4n) is 2.64. The number of rotatable bonds is 1. The molecule has 2 aliphatic rings. The maximum Gasteiger partial charge on any atom is 0.265 e. The molecule has 2 atom stereocenters. The maximum atomic E-state index is 12.5.